The minimum absolute atomic E-state index is 0.00542. The zero-order chi connectivity index (χ0) is 25.8. The number of Topliss-reactive ketones (excluding diaryl/α,β-unsaturated/α-hetero) is 1. The average molecular weight is 500 g/mol. The number of carbonyl (C=O) groups excluding carboxylic acids is 2. The molecule has 0 fully saturated rings. The maximum Gasteiger partial charge on any atom is 0.416 e. The predicted octanol–water partition coefficient (Wildman–Crippen LogP) is 6.66. The fourth-order valence-corrected chi connectivity index (χ4v) is 3.44. The van der Waals surface area contributed by atoms with Crippen molar-refractivity contribution >= 4 is 40.9 Å². The Bertz CT molecular complexity index is 1350. The van der Waals surface area contributed by atoms with Gasteiger partial charge in [0.05, 0.1) is 22.5 Å². The van der Waals surface area contributed by atoms with Crippen molar-refractivity contribution in [3.63, 3.8) is 0 Å². The van der Waals surface area contributed by atoms with Crippen LogP contribution in [0.3, 0.4) is 0 Å². The zero-order valence-electron chi connectivity index (χ0n) is 18.8. The molecule has 0 aliphatic heterocycles. The number of halogens is 4. The van der Waals surface area contributed by atoms with Crippen LogP contribution in [0.5, 0.6) is 0 Å². The highest BCUT2D eigenvalue weighted by molar-refractivity contribution is 6.32. The summed E-state index contributed by atoms with van der Waals surface area (Å²) in [5, 5.41) is 2.93. The molecule has 1 amide bonds. The molecule has 0 spiro atoms. The topological polar surface area (TPSA) is 84.5 Å². The number of nitrogens with two attached hydrogens (primary N) is 1. The summed E-state index contributed by atoms with van der Waals surface area (Å²) < 4.78 is 39.6. The molecule has 9 heteroatoms. The third kappa shape index (κ3) is 6.36. The van der Waals surface area contributed by atoms with Crippen molar-refractivity contribution in [2.75, 3.05) is 5.32 Å². The monoisotopic (exact) mass is 499 g/mol. The summed E-state index contributed by atoms with van der Waals surface area (Å²) in [6.07, 6.45) is -2.48. The molecular formula is C26H21ClF3N3O2. The van der Waals surface area contributed by atoms with E-state index in [9.17, 15) is 22.8 Å². The molecule has 0 aliphatic carbocycles. The number of hydrogen-bond donors (Lipinski definition) is 2. The molecule has 0 aromatic heterocycles. The smallest absolute Gasteiger partial charge is 0.404 e. The number of anilines is 1. The van der Waals surface area contributed by atoms with E-state index in [1.54, 1.807) is 18.2 Å². The van der Waals surface area contributed by atoms with Crippen LogP contribution in [0.25, 0.3) is 0 Å². The third-order valence-electron chi connectivity index (χ3n) is 5.08. The molecule has 3 aromatic rings. The maximum atomic E-state index is 13.2. The Morgan fingerprint density at radius 3 is 2.43 bits per heavy atom. The number of nitrogens with one attached hydrogen (secondary N) is 1. The second-order valence-corrected chi connectivity index (χ2v) is 8.16. The van der Waals surface area contributed by atoms with E-state index in [1.807, 2.05) is 13.0 Å². The van der Waals surface area contributed by atoms with Crippen molar-refractivity contribution < 1.29 is 22.8 Å². The van der Waals surface area contributed by atoms with E-state index in [4.69, 9.17) is 17.3 Å². The first-order valence-corrected chi connectivity index (χ1v) is 10.7. The fourth-order valence-electron chi connectivity index (χ4n) is 3.27. The third-order valence-corrected chi connectivity index (χ3v) is 5.31. The fraction of sp³-hybridized carbons (Fsp3) is 0.115. The van der Waals surface area contributed by atoms with Gasteiger partial charge in [0.25, 0.3) is 5.91 Å². The molecule has 0 aliphatic rings. The largest absolute Gasteiger partial charge is 0.416 e. The molecule has 3 aromatic carbocycles. The van der Waals surface area contributed by atoms with Crippen molar-refractivity contribution in [2.24, 2.45) is 10.7 Å². The van der Waals surface area contributed by atoms with Crippen LogP contribution in [0, 0.1) is 13.8 Å². The van der Waals surface area contributed by atoms with Crippen LogP contribution >= 0.6 is 11.6 Å². The van der Waals surface area contributed by atoms with Crippen LogP contribution in [0.4, 0.5) is 24.5 Å². The number of aryl methyl sites for hydroxylation is 2. The number of carbonyl (C=O) groups is 2. The summed E-state index contributed by atoms with van der Waals surface area (Å²) in [4.78, 5) is 29.9. The van der Waals surface area contributed by atoms with Gasteiger partial charge in [-0.05, 0) is 61.9 Å². The van der Waals surface area contributed by atoms with Crippen molar-refractivity contribution in [3.05, 3.63) is 105 Å². The summed E-state index contributed by atoms with van der Waals surface area (Å²) in [7, 11) is 0. The highest BCUT2D eigenvalue weighted by Gasteiger charge is 2.32. The minimum atomic E-state index is -4.54. The van der Waals surface area contributed by atoms with E-state index in [0.717, 1.165) is 24.0 Å². The first-order chi connectivity index (χ1) is 16.5. The molecule has 180 valence electrons. The summed E-state index contributed by atoms with van der Waals surface area (Å²) in [5.41, 5.74) is 6.25. The van der Waals surface area contributed by atoms with E-state index in [2.05, 4.69) is 10.3 Å². The maximum absolute atomic E-state index is 13.2. The number of aliphatic imine (C=N–C) groups is 1. The number of benzene rings is 3. The van der Waals surface area contributed by atoms with E-state index < -0.39 is 23.4 Å². The average Bonchev–Trinajstić information content (AvgIpc) is 2.80. The molecule has 0 heterocycles. The number of rotatable bonds is 6. The lowest BCUT2D eigenvalue weighted by Crippen LogP contribution is -2.16. The van der Waals surface area contributed by atoms with Crippen LogP contribution in [-0.2, 0) is 6.18 Å². The lowest BCUT2D eigenvalue weighted by atomic mass is 10.0. The van der Waals surface area contributed by atoms with Crippen molar-refractivity contribution in [3.8, 4) is 0 Å². The number of nitrogens with zero attached hydrogens (tertiary/aromatic N) is 1. The Morgan fingerprint density at radius 2 is 1.77 bits per heavy atom. The molecule has 0 bridgehead atoms. The molecule has 0 saturated carbocycles. The second kappa shape index (κ2) is 10.6. The normalized spacial score (nSPS) is 12.1. The second-order valence-electron chi connectivity index (χ2n) is 7.72. The highest BCUT2D eigenvalue weighted by Crippen LogP contribution is 2.34. The molecule has 35 heavy (non-hydrogen) atoms. The predicted molar refractivity (Wildman–Crippen MR) is 132 cm³/mol. The number of alkyl halides is 3. The highest BCUT2D eigenvalue weighted by atomic mass is 35.5. The van der Waals surface area contributed by atoms with Gasteiger partial charge >= 0.3 is 6.18 Å². The van der Waals surface area contributed by atoms with Gasteiger partial charge in [-0.3, -0.25) is 14.6 Å². The van der Waals surface area contributed by atoms with Gasteiger partial charge in [0.15, 0.2) is 5.78 Å². The Kier molecular flexibility index (Phi) is 7.76. The molecular weight excluding hydrogens is 479 g/mol. The van der Waals surface area contributed by atoms with E-state index >= 15 is 0 Å². The summed E-state index contributed by atoms with van der Waals surface area (Å²) in [6.45, 7) is 3.19. The molecule has 3 N–H and O–H groups in total. The summed E-state index contributed by atoms with van der Waals surface area (Å²) in [6, 6.07) is 14.8. The van der Waals surface area contributed by atoms with Gasteiger partial charge in [-0.2, -0.15) is 13.2 Å². The number of amides is 1. The van der Waals surface area contributed by atoms with Gasteiger partial charge in [-0.1, -0.05) is 35.4 Å². The van der Waals surface area contributed by atoms with Crippen LogP contribution in [0.15, 0.2) is 77.4 Å². The van der Waals surface area contributed by atoms with Crippen LogP contribution in [0.1, 0.15) is 37.4 Å². The van der Waals surface area contributed by atoms with Crippen molar-refractivity contribution in [1.82, 2.24) is 0 Å². The number of allylic oxidation sites excluding steroid dienone is 1. The van der Waals surface area contributed by atoms with E-state index in [0.29, 0.717) is 5.56 Å². The van der Waals surface area contributed by atoms with E-state index in [-0.39, 0.29) is 33.1 Å². The molecule has 0 unspecified atom stereocenters. The Labute approximate surface area is 205 Å². The van der Waals surface area contributed by atoms with Gasteiger partial charge in [0.2, 0.25) is 0 Å². The Balaban J connectivity index is 1.90. The van der Waals surface area contributed by atoms with Gasteiger partial charge in [0, 0.05) is 28.6 Å². The molecule has 0 saturated heterocycles. The SMILES string of the molecule is Cc1cccc(C(=O)Nc2ccc(Cl)cc2C(=O)/C(C=Nc2ccc(C)c(C(F)(F)F)c2)=C/N)c1. The first-order valence-electron chi connectivity index (χ1n) is 10.4. The minimum Gasteiger partial charge on any atom is -0.404 e. The van der Waals surface area contributed by atoms with Gasteiger partial charge < -0.3 is 11.1 Å². The molecule has 0 radical (unpaired) electrons. The zero-order valence-corrected chi connectivity index (χ0v) is 19.5. The van der Waals surface area contributed by atoms with Crippen LogP contribution < -0.4 is 11.1 Å². The summed E-state index contributed by atoms with van der Waals surface area (Å²) in [5.74, 6) is -1.06. The quantitative estimate of drug-likeness (QED) is 0.226. The lowest BCUT2D eigenvalue weighted by molar-refractivity contribution is -0.138. The molecule has 0 atom stereocenters. The van der Waals surface area contributed by atoms with Crippen LogP contribution in [-0.4, -0.2) is 17.9 Å². The number of hydrogen-bond acceptors (Lipinski definition) is 4. The Hall–Kier alpha value is -3.91. The molecule has 5 nitrogen and oxygen atoms in total. The lowest BCUT2D eigenvalue weighted by Gasteiger charge is -2.12. The van der Waals surface area contributed by atoms with Crippen LogP contribution in [0.2, 0.25) is 5.02 Å². The van der Waals surface area contributed by atoms with Gasteiger partial charge in [0.1, 0.15) is 0 Å². The standard InChI is InChI=1S/C26H21ClF3N3O2/c1-15-4-3-5-17(10-15)25(35)33-23-9-7-19(27)11-21(23)24(34)18(13-31)14-32-20-8-6-16(2)22(12-20)26(28,29)30/h3-14H,31H2,1-2H3,(H,33,35)/b18-13+,32-14?. The first kappa shape index (κ1) is 25.7. The number of ketones is 1. The summed E-state index contributed by atoms with van der Waals surface area (Å²) >= 11 is 6.08. The van der Waals surface area contributed by atoms with E-state index in [1.165, 1.54) is 37.3 Å². The Morgan fingerprint density at radius 1 is 1.03 bits per heavy atom. The van der Waals surface area contributed by atoms with Gasteiger partial charge in [-0.15, -0.1) is 0 Å². The van der Waals surface area contributed by atoms with Gasteiger partial charge in [-0.25, -0.2) is 0 Å². The van der Waals surface area contributed by atoms with Crippen molar-refractivity contribution in [1.29, 1.82) is 0 Å². The van der Waals surface area contributed by atoms with Crippen molar-refractivity contribution in [2.45, 2.75) is 20.0 Å². The molecule has 3 rings (SSSR count).